The Kier molecular flexibility index (Phi) is 6.99. The summed E-state index contributed by atoms with van der Waals surface area (Å²) < 4.78 is 83.5. The first-order valence-corrected chi connectivity index (χ1v) is 10.9. The Morgan fingerprint density at radius 1 is 1.11 bits per heavy atom. The number of hydrogen-bond donors (Lipinski definition) is 2. The van der Waals surface area contributed by atoms with Gasteiger partial charge in [0, 0.05) is 30.7 Å². The van der Waals surface area contributed by atoms with E-state index in [1.54, 1.807) is 15.8 Å². The van der Waals surface area contributed by atoms with Crippen LogP contribution in [0.2, 0.25) is 0 Å². The van der Waals surface area contributed by atoms with Gasteiger partial charge in [-0.1, -0.05) is 6.07 Å². The first kappa shape index (κ1) is 26.2. The quantitative estimate of drug-likeness (QED) is 0.456. The number of amides is 1. The number of nitrogens with one attached hydrogen (secondary N) is 1. The molecule has 9 nitrogen and oxygen atoms in total. The van der Waals surface area contributed by atoms with Crippen LogP contribution in [0.25, 0.3) is 10.9 Å². The number of rotatable bonds is 6. The summed E-state index contributed by atoms with van der Waals surface area (Å²) in [6.07, 6.45) is -7.28. The van der Waals surface area contributed by atoms with E-state index in [2.05, 4.69) is 20.1 Å². The van der Waals surface area contributed by atoms with Gasteiger partial charge in [0.25, 0.3) is 5.91 Å². The standard InChI is InChI=1S/C22H19F6N5O4/c23-21(24,25)18-3-1-2-14(29-18)20(36)30-16-8-12-10-33(13-4-6-32(7-5-13)11-19(34)35)31-15(12)9-17(16)37-22(26,27)28/h1-3,8-10,13H,4-7,11H2,(H,30,36)(H,34,35). The minimum atomic E-state index is -5.12. The van der Waals surface area contributed by atoms with E-state index in [0.717, 1.165) is 18.2 Å². The molecule has 1 aromatic carbocycles. The van der Waals surface area contributed by atoms with Gasteiger partial charge in [-0.3, -0.25) is 19.2 Å². The van der Waals surface area contributed by atoms with Crippen LogP contribution in [-0.2, 0) is 11.0 Å². The van der Waals surface area contributed by atoms with Crippen LogP contribution in [0.5, 0.6) is 5.75 Å². The van der Waals surface area contributed by atoms with E-state index in [1.807, 2.05) is 0 Å². The number of piperidine rings is 1. The Morgan fingerprint density at radius 2 is 1.81 bits per heavy atom. The molecule has 0 spiro atoms. The number of alkyl halides is 6. The van der Waals surface area contributed by atoms with Gasteiger partial charge < -0.3 is 15.2 Å². The van der Waals surface area contributed by atoms with E-state index < -0.39 is 47.2 Å². The molecule has 37 heavy (non-hydrogen) atoms. The third-order valence-corrected chi connectivity index (χ3v) is 5.66. The Hall–Kier alpha value is -3.88. The molecule has 0 radical (unpaired) electrons. The summed E-state index contributed by atoms with van der Waals surface area (Å²) in [7, 11) is 0. The lowest BCUT2D eigenvalue weighted by Crippen LogP contribution is -2.38. The van der Waals surface area contributed by atoms with Gasteiger partial charge in [-0.2, -0.15) is 18.3 Å². The maximum atomic E-state index is 13.0. The van der Waals surface area contributed by atoms with Crippen LogP contribution in [0.3, 0.4) is 0 Å². The van der Waals surface area contributed by atoms with Crippen molar-refractivity contribution in [3.63, 3.8) is 0 Å². The van der Waals surface area contributed by atoms with Crippen molar-refractivity contribution in [1.29, 1.82) is 0 Å². The first-order chi connectivity index (χ1) is 17.3. The molecule has 3 heterocycles. The Balaban J connectivity index is 1.61. The molecule has 0 bridgehead atoms. The van der Waals surface area contributed by atoms with E-state index in [1.165, 1.54) is 6.07 Å². The number of hydrogen-bond acceptors (Lipinski definition) is 6. The van der Waals surface area contributed by atoms with Gasteiger partial charge in [-0.05, 0) is 31.0 Å². The Bertz CT molecular complexity index is 1320. The van der Waals surface area contributed by atoms with E-state index >= 15 is 0 Å². The lowest BCUT2D eigenvalue weighted by Gasteiger charge is -2.30. The lowest BCUT2D eigenvalue weighted by atomic mass is 10.1. The second kappa shape index (κ2) is 9.88. The van der Waals surface area contributed by atoms with Crippen LogP contribution < -0.4 is 10.1 Å². The number of benzene rings is 1. The average Bonchev–Trinajstić information content (AvgIpc) is 3.20. The molecule has 1 saturated heterocycles. The van der Waals surface area contributed by atoms with Crippen LogP contribution in [0.15, 0.2) is 36.5 Å². The topological polar surface area (TPSA) is 110 Å². The smallest absolute Gasteiger partial charge is 0.480 e. The third kappa shape index (κ3) is 6.47. The summed E-state index contributed by atoms with van der Waals surface area (Å²) in [5.74, 6) is -2.92. The number of likely N-dealkylation sites (tertiary alicyclic amines) is 1. The largest absolute Gasteiger partial charge is 0.573 e. The number of carbonyl (C=O) groups is 2. The highest BCUT2D eigenvalue weighted by Crippen LogP contribution is 2.35. The maximum absolute atomic E-state index is 13.0. The van der Waals surface area contributed by atoms with Crippen LogP contribution >= 0.6 is 0 Å². The molecule has 1 fully saturated rings. The number of carboxylic acids is 1. The molecule has 0 atom stereocenters. The summed E-state index contributed by atoms with van der Waals surface area (Å²) in [5, 5.41) is 15.7. The van der Waals surface area contributed by atoms with Gasteiger partial charge in [-0.25, -0.2) is 4.98 Å². The first-order valence-electron chi connectivity index (χ1n) is 10.9. The van der Waals surface area contributed by atoms with Crippen molar-refractivity contribution in [3.05, 3.63) is 47.9 Å². The van der Waals surface area contributed by atoms with Crippen molar-refractivity contribution in [3.8, 4) is 5.75 Å². The van der Waals surface area contributed by atoms with Crippen LogP contribution in [0.4, 0.5) is 32.0 Å². The maximum Gasteiger partial charge on any atom is 0.573 e. The zero-order chi connectivity index (χ0) is 27.0. The Labute approximate surface area is 204 Å². The fourth-order valence-electron chi connectivity index (χ4n) is 4.00. The number of aliphatic carboxylic acids is 1. The molecule has 2 N–H and O–H groups in total. The van der Waals surface area contributed by atoms with Crippen molar-refractivity contribution in [2.75, 3.05) is 25.0 Å². The predicted molar refractivity (Wildman–Crippen MR) is 116 cm³/mol. The van der Waals surface area contributed by atoms with Gasteiger partial charge in [0.1, 0.15) is 11.4 Å². The summed E-state index contributed by atoms with van der Waals surface area (Å²) in [6.45, 7) is 0.873. The number of pyridine rings is 1. The lowest BCUT2D eigenvalue weighted by molar-refractivity contribution is -0.274. The van der Waals surface area contributed by atoms with Crippen molar-refractivity contribution in [2.24, 2.45) is 0 Å². The third-order valence-electron chi connectivity index (χ3n) is 5.66. The highest BCUT2D eigenvalue weighted by molar-refractivity contribution is 6.05. The van der Waals surface area contributed by atoms with Gasteiger partial charge >= 0.3 is 18.5 Å². The van der Waals surface area contributed by atoms with E-state index in [4.69, 9.17) is 5.11 Å². The normalized spacial score (nSPS) is 15.6. The molecule has 1 aliphatic rings. The van der Waals surface area contributed by atoms with Crippen LogP contribution in [0.1, 0.15) is 35.1 Å². The summed E-state index contributed by atoms with van der Waals surface area (Å²) in [4.78, 5) is 28.4. The minimum absolute atomic E-state index is 0.101. The Morgan fingerprint density at radius 3 is 2.43 bits per heavy atom. The van der Waals surface area contributed by atoms with E-state index in [9.17, 15) is 35.9 Å². The summed E-state index contributed by atoms with van der Waals surface area (Å²) >= 11 is 0. The molecular weight excluding hydrogens is 512 g/mol. The van der Waals surface area contributed by atoms with Gasteiger partial charge in [0.2, 0.25) is 0 Å². The molecule has 198 valence electrons. The number of carboxylic acid groups (broad SMARTS) is 1. The molecule has 0 aliphatic carbocycles. The van der Waals surface area contributed by atoms with Crippen LogP contribution in [-0.4, -0.2) is 62.6 Å². The number of nitrogens with zero attached hydrogens (tertiary/aromatic N) is 4. The molecule has 15 heteroatoms. The molecule has 3 aromatic rings. The fourth-order valence-corrected chi connectivity index (χ4v) is 4.00. The molecule has 1 amide bonds. The number of ether oxygens (including phenoxy) is 1. The fraction of sp³-hybridized carbons (Fsp3) is 0.364. The number of anilines is 1. The van der Waals surface area contributed by atoms with E-state index in [0.29, 0.717) is 37.4 Å². The monoisotopic (exact) mass is 531 g/mol. The second-order valence-electron chi connectivity index (χ2n) is 8.33. The van der Waals surface area contributed by atoms with Crippen molar-refractivity contribution in [2.45, 2.75) is 31.4 Å². The van der Waals surface area contributed by atoms with Gasteiger partial charge in [0.15, 0.2) is 5.75 Å². The second-order valence-corrected chi connectivity index (χ2v) is 8.33. The van der Waals surface area contributed by atoms with E-state index in [-0.39, 0.29) is 18.1 Å². The van der Waals surface area contributed by atoms with Gasteiger partial charge in [-0.15, -0.1) is 13.2 Å². The molecule has 0 saturated carbocycles. The number of carbonyl (C=O) groups excluding carboxylic acids is 1. The highest BCUT2D eigenvalue weighted by atomic mass is 19.4. The molecule has 2 aromatic heterocycles. The SMILES string of the molecule is O=C(O)CN1CCC(n2cc3cc(NC(=O)c4cccc(C(F)(F)F)n4)c(OC(F)(F)F)cc3n2)CC1. The summed E-state index contributed by atoms with van der Waals surface area (Å²) in [5.41, 5.74) is -2.30. The molecule has 0 unspecified atom stereocenters. The molecule has 4 rings (SSSR count). The number of aromatic nitrogens is 3. The zero-order valence-electron chi connectivity index (χ0n) is 18.8. The predicted octanol–water partition coefficient (Wildman–Crippen LogP) is 4.32. The minimum Gasteiger partial charge on any atom is -0.480 e. The highest BCUT2D eigenvalue weighted by Gasteiger charge is 2.34. The van der Waals surface area contributed by atoms with Crippen molar-refractivity contribution < 1.29 is 45.8 Å². The number of halogens is 6. The van der Waals surface area contributed by atoms with Crippen molar-refractivity contribution >= 4 is 28.5 Å². The zero-order valence-corrected chi connectivity index (χ0v) is 18.8. The average molecular weight is 531 g/mol. The molecular formula is C22H19F6N5O4. The number of fused-ring (bicyclic) bond motifs is 1. The van der Waals surface area contributed by atoms with Crippen LogP contribution in [0, 0.1) is 0 Å². The molecule has 1 aliphatic heterocycles. The van der Waals surface area contributed by atoms with Gasteiger partial charge in [0.05, 0.1) is 23.8 Å². The van der Waals surface area contributed by atoms with Crippen molar-refractivity contribution in [1.82, 2.24) is 19.7 Å². The summed E-state index contributed by atoms with van der Waals surface area (Å²) in [6, 6.07) is 4.59.